The van der Waals surface area contributed by atoms with Crippen LogP contribution in [0.1, 0.15) is 19.4 Å². The molecule has 0 radical (unpaired) electrons. The summed E-state index contributed by atoms with van der Waals surface area (Å²) in [4.78, 5) is 16.9. The predicted octanol–water partition coefficient (Wildman–Crippen LogP) is 2.21. The van der Waals surface area contributed by atoms with Crippen LogP contribution >= 0.6 is 0 Å². The van der Waals surface area contributed by atoms with Crippen LogP contribution in [0.25, 0.3) is 0 Å². The van der Waals surface area contributed by atoms with E-state index in [9.17, 15) is 4.79 Å². The lowest BCUT2D eigenvalue weighted by Gasteiger charge is -2.35. The molecule has 0 saturated carbocycles. The highest BCUT2D eigenvalue weighted by Crippen LogP contribution is 2.13. The van der Waals surface area contributed by atoms with E-state index in [0.717, 1.165) is 44.0 Å². The SMILES string of the molecule is Cc1ccccc1NC(=O)CN1CCN(CC(C)C)CC1. The van der Waals surface area contributed by atoms with Gasteiger partial charge in [0.05, 0.1) is 6.54 Å². The molecular weight excluding hydrogens is 262 g/mol. The average Bonchev–Trinajstić information content (AvgIpc) is 2.43. The Morgan fingerprint density at radius 3 is 2.38 bits per heavy atom. The molecule has 116 valence electrons. The number of amides is 1. The van der Waals surface area contributed by atoms with Gasteiger partial charge in [-0.3, -0.25) is 9.69 Å². The van der Waals surface area contributed by atoms with Gasteiger partial charge in [-0.05, 0) is 24.5 Å². The first-order chi connectivity index (χ1) is 10.0. The number of nitrogens with one attached hydrogen (secondary N) is 1. The minimum Gasteiger partial charge on any atom is -0.325 e. The van der Waals surface area contributed by atoms with Crippen LogP contribution in [0.15, 0.2) is 24.3 Å². The molecule has 1 fully saturated rings. The quantitative estimate of drug-likeness (QED) is 0.902. The van der Waals surface area contributed by atoms with E-state index in [2.05, 4.69) is 29.0 Å². The molecule has 1 aromatic carbocycles. The second kappa shape index (κ2) is 7.57. The van der Waals surface area contributed by atoms with Gasteiger partial charge in [-0.1, -0.05) is 32.0 Å². The zero-order chi connectivity index (χ0) is 15.2. The van der Waals surface area contributed by atoms with Crippen molar-refractivity contribution < 1.29 is 4.79 Å². The topological polar surface area (TPSA) is 35.6 Å². The summed E-state index contributed by atoms with van der Waals surface area (Å²) >= 11 is 0. The van der Waals surface area contributed by atoms with Crippen molar-refractivity contribution in [3.63, 3.8) is 0 Å². The molecule has 0 bridgehead atoms. The molecule has 0 aliphatic carbocycles. The number of rotatable bonds is 5. The van der Waals surface area contributed by atoms with Gasteiger partial charge >= 0.3 is 0 Å². The summed E-state index contributed by atoms with van der Waals surface area (Å²) in [6, 6.07) is 7.90. The molecule has 4 nitrogen and oxygen atoms in total. The van der Waals surface area contributed by atoms with Gasteiger partial charge in [0.2, 0.25) is 5.91 Å². The van der Waals surface area contributed by atoms with Gasteiger partial charge in [0, 0.05) is 38.4 Å². The number of hydrogen-bond donors (Lipinski definition) is 1. The maximum absolute atomic E-state index is 12.1. The summed E-state index contributed by atoms with van der Waals surface area (Å²) in [6.07, 6.45) is 0. The van der Waals surface area contributed by atoms with Crippen LogP contribution in [0, 0.1) is 12.8 Å². The minimum atomic E-state index is 0.0848. The number of benzene rings is 1. The average molecular weight is 289 g/mol. The maximum Gasteiger partial charge on any atom is 0.238 e. The highest BCUT2D eigenvalue weighted by Gasteiger charge is 2.19. The molecule has 1 aromatic rings. The summed E-state index contributed by atoms with van der Waals surface area (Å²) in [7, 11) is 0. The number of carbonyl (C=O) groups excluding carboxylic acids is 1. The third kappa shape index (κ3) is 5.14. The summed E-state index contributed by atoms with van der Waals surface area (Å²) in [5.41, 5.74) is 2.02. The molecule has 1 heterocycles. The number of hydrogen-bond acceptors (Lipinski definition) is 3. The number of anilines is 1. The summed E-state index contributed by atoms with van der Waals surface area (Å²) in [5.74, 6) is 0.794. The Morgan fingerprint density at radius 1 is 1.14 bits per heavy atom. The smallest absolute Gasteiger partial charge is 0.238 e. The summed E-state index contributed by atoms with van der Waals surface area (Å²) in [5, 5.41) is 3.01. The molecular formula is C17H27N3O. The van der Waals surface area contributed by atoms with Crippen LogP contribution in [0.5, 0.6) is 0 Å². The molecule has 0 spiro atoms. The Kier molecular flexibility index (Phi) is 5.76. The van der Waals surface area contributed by atoms with E-state index < -0.39 is 0 Å². The van der Waals surface area contributed by atoms with Crippen molar-refractivity contribution in [3.05, 3.63) is 29.8 Å². The van der Waals surface area contributed by atoms with E-state index in [1.54, 1.807) is 0 Å². The first-order valence-corrected chi connectivity index (χ1v) is 7.85. The van der Waals surface area contributed by atoms with E-state index in [-0.39, 0.29) is 5.91 Å². The van der Waals surface area contributed by atoms with Crippen molar-refractivity contribution in [3.8, 4) is 0 Å². The van der Waals surface area contributed by atoms with Crippen LogP contribution in [-0.2, 0) is 4.79 Å². The number of piperazine rings is 1. The molecule has 1 amide bonds. The predicted molar refractivity (Wildman–Crippen MR) is 87.5 cm³/mol. The first kappa shape index (κ1) is 16.0. The Balaban J connectivity index is 1.76. The number of carbonyl (C=O) groups is 1. The molecule has 0 atom stereocenters. The molecule has 1 aliphatic heterocycles. The minimum absolute atomic E-state index is 0.0848. The molecule has 4 heteroatoms. The van der Waals surface area contributed by atoms with Crippen molar-refractivity contribution in [1.82, 2.24) is 9.80 Å². The molecule has 21 heavy (non-hydrogen) atoms. The second-order valence-electron chi connectivity index (χ2n) is 6.33. The summed E-state index contributed by atoms with van der Waals surface area (Å²) < 4.78 is 0. The molecule has 0 aromatic heterocycles. The standard InChI is InChI=1S/C17H27N3O/c1-14(2)12-19-8-10-20(11-9-19)13-17(21)18-16-7-5-4-6-15(16)3/h4-7,14H,8-13H2,1-3H3,(H,18,21). The monoisotopic (exact) mass is 289 g/mol. The second-order valence-corrected chi connectivity index (χ2v) is 6.33. The van der Waals surface area contributed by atoms with Gasteiger partial charge in [0.1, 0.15) is 0 Å². The lowest BCUT2D eigenvalue weighted by molar-refractivity contribution is -0.117. The van der Waals surface area contributed by atoms with E-state index in [0.29, 0.717) is 12.5 Å². The third-order valence-electron chi connectivity index (χ3n) is 3.87. The van der Waals surface area contributed by atoms with Gasteiger partial charge in [0.25, 0.3) is 0 Å². The Bertz CT molecular complexity index is 465. The number of nitrogens with zero attached hydrogens (tertiary/aromatic N) is 2. The Hall–Kier alpha value is -1.39. The maximum atomic E-state index is 12.1. The highest BCUT2D eigenvalue weighted by molar-refractivity contribution is 5.92. The van der Waals surface area contributed by atoms with E-state index >= 15 is 0 Å². The van der Waals surface area contributed by atoms with Gasteiger partial charge in [0.15, 0.2) is 0 Å². The Morgan fingerprint density at radius 2 is 1.76 bits per heavy atom. The van der Waals surface area contributed by atoms with Crippen molar-refractivity contribution in [2.75, 3.05) is 44.6 Å². The van der Waals surface area contributed by atoms with Crippen LogP contribution in [0.3, 0.4) is 0 Å². The van der Waals surface area contributed by atoms with E-state index in [1.165, 1.54) is 0 Å². The molecule has 0 unspecified atom stereocenters. The van der Waals surface area contributed by atoms with Crippen LogP contribution in [0.2, 0.25) is 0 Å². The van der Waals surface area contributed by atoms with Crippen molar-refractivity contribution in [2.24, 2.45) is 5.92 Å². The van der Waals surface area contributed by atoms with E-state index in [4.69, 9.17) is 0 Å². The summed E-state index contributed by atoms with van der Waals surface area (Å²) in [6.45, 7) is 12.3. The van der Waals surface area contributed by atoms with Gasteiger partial charge in [-0.15, -0.1) is 0 Å². The zero-order valence-electron chi connectivity index (χ0n) is 13.4. The fraction of sp³-hybridized carbons (Fsp3) is 0.588. The molecule has 2 rings (SSSR count). The van der Waals surface area contributed by atoms with Gasteiger partial charge in [-0.2, -0.15) is 0 Å². The number of aryl methyl sites for hydroxylation is 1. The van der Waals surface area contributed by atoms with Gasteiger partial charge in [-0.25, -0.2) is 0 Å². The highest BCUT2D eigenvalue weighted by atomic mass is 16.2. The Labute approximate surface area is 128 Å². The molecule has 1 aliphatic rings. The lowest BCUT2D eigenvalue weighted by Crippen LogP contribution is -2.49. The molecule has 1 saturated heterocycles. The largest absolute Gasteiger partial charge is 0.325 e. The van der Waals surface area contributed by atoms with Gasteiger partial charge < -0.3 is 10.2 Å². The lowest BCUT2D eigenvalue weighted by atomic mass is 10.2. The zero-order valence-corrected chi connectivity index (χ0v) is 13.4. The molecule has 1 N–H and O–H groups in total. The fourth-order valence-corrected chi connectivity index (χ4v) is 2.75. The fourth-order valence-electron chi connectivity index (χ4n) is 2.75. The van der Waals surface area contributed by atoms with Crippen LogP contribution in [0.4, 0.5) is 5.69 Å². The van der Waals surface area contributed by atoms with Crippen molar-refractivity contribution in [1.29, 1.82) is 0 Å². The normalized spacial score (nSPS) is 17.1. The van der Waals surface area contributed by atoms with Crippen LogP contribution in [-0.4, -0.2) is 55.0 Å². The van der Waals surface area contributed by atoms with Crippen molar-refractivity contribution in [2.45, 2.75) is 20.8 Å². The number of para-hydroxylation sites is 1. The first-order valence-electron chi connectivity index (χ1n) is 7.85. The van der Waals surface area contributed by atoms with Crippen molar-refractivity contribution >= 4 is 11.6 Å². The third-order valence-corrected chi connectivity index (χ3v) is 3.87. The van der Waals surface area contributed by atoms with E-state index in [1.807, 2.05) is 31.2 Å². The van der Waals surface area contributed by atoms with Crippen LogP contribution < -0.4 is 5.32 Å².